The average molecular weight is 210 g/mol. The maximum Gasteiger partial charge on any atom is 0.0181 e. The average Bonchev–Trinajstić information content (AvgIpc) is 2.94. The van der Waals surface area contributed by atoms with Crippen LogP contribution >= 0.6 is 0 Å². The van der Waals surface area contributed by atoms with Crippen molar-refractivity contribution in [2.45, 2.75) is 58.0 Å². The summed E-state index contributed by atoms with van der Waals surface area (Å²) in [7, 11) is 0. The minimum absolute atomic E-state index is 0.455. The Hall–Kier alpha value is -0.0800. The lowest BCUT2D eigenvalue weighted by molar-refractivity contribution is 0.0861. The molecule has 0 radical (unpaired) electrons. The van der Waals surface area contributed by atoms with Gasteiger partial charge in [-0.05, 0) is 65.5 Å². The Morgan fingerprint density at radius 3 is 2.53 bits per heavy atom. The Morgan fingerprint density at radius 1 is 1.13 bits per heavy atom. The van der Waals surface area contributed by atoms with Gasteiger partial charge in [-0.1, -0.05) is 0 Å². The van der Waals surface area contributed by atoms with Crippen LogP contribution in [-0.4, -0.2) is 36.1 Å². The molecule has 1 unspecified atom stereocenters. The Bertz CT molecular complexity index is 209. The molecule has 1 atom stereocenters. The number of nitrogens with one attached hydrogen (secondary N) is 1. The second-order valence-electron chi connectivity index (χ2n) is 5.91. The lowest BCUT2D eigenvalue weighted by atomic mass is 9.94. The summed E-state index contributed by atoms with van der Waals surface area (Å²) in [5.41, 5.74) is 0.455. The summed E-state index contributed by atoms with van der Waals surface area (Å²) >= 11 is 0. The number of hydrogen-bond donors (Lipinski definition) is 1. The smallest absolute Gasteiger partial charge is 0.0181 e. The fraction of sp³-hybridized carbons (Fsp3) is 1.00. The molecule has 0 aromatic carbocycles. The van der Waals surface area contributed by atoms with E-state index in [4.69, 9.17) is 0 Å². The zero-order valence-electron chi connectivity index (χ0n) is 10.6. The van der Waals surface area contributed by atoms with E-state index >= 15 is 0 Å². The Kier molecular flexibility index (Phi) is 3.36. The molecule has 2 fully saturated rings. The standard InChI is InChI=1S/C13H26N2/c1-11-7-10-15(9-4-8-14-11)13(2,3)12-5-6-12/h11-12,14H,4-10H2,1-3H3. The predicted octanol–water partition coefficient (Wildman–Crippen LogP) is 2.25. The van der Waals surface area contributed by atoms with Crippen LogP contribution in [0.4, 0.5) is 0 Å². The molecule has 1 N–H and O–H groups in total. The fourth-order valence-corrected chi connectivity index (χ4v) is 2.81. The normalized spacial score (nSPS) is 31.0. The van der Waals surface area contributed by atoms with Crippen molar-refractivity contribution in [1.29, 1.82) is 0 Å². The maximum absolute atomic E-state index is 3.57. The van der Waals surface area contributed by atoms with E-state index in [1.165, 1.54) is 45.3 Å². The number of hydrogen-bond acceptors (Lipinski definition) is 2. The highest BCUT2D eigenvalue weighted by Crippen LogP contribution is 2.42. The quantitative estimate of drug-likeness (QED) is 0.752. The van der Waals surface area contributed by atoms with Gasteiger partial charge in [0.25, 0.3) is 0 Å². The first-order valence-electron chi connectivity index (χ1n) is 6.59. The molecular weight excluding hydrogens is 184 g/mol. The highest BCUT2D eigenvalue weighted by Gasteiger charge is 2.41. The second kappa shape index (κ2) is 4.42. The first-order valence-corrected chi connectivity index (χ1v) is 6.59. The van der Waals surface area contributed by atoms with Crippen LogP contribution in [0.1, 0.15) is 46.5 Å². The number of nitrogens with zero attached hydrogens (tertiary/aromatic N) is 1. The summed E-state index contributed by atoms with van der Waals surface area (Å²) in [4.78, 5) is 2.74. The van der Waals surface area contributed by atoms with Crippen LogP contribution in [0, 0.1) is 5.92 Å². The molecule has 2 aliphatic rings. The van der Waals surface area contributed by atoms with Crippen LogP contribution in [0.3, 0.4) is 0 Å². The fourth-order valence-electron chi connectivity index (χ4n) is 2.81. The SMILES string of the molecule is CC1CCN(C(C)(C)C2CC2)CCCN1. The van der Waals surface area contributed by atoms with Gasteiger partial charge >= 0.3 is 0 Å². The molecule has 1 aliphatic carbocycles. The van der Waals surface area contributed by atoms with Crippen LogP contribution < -0.4 is 5.32 Å². The molecule has 1 aliphatic heterocycles. The van der Waals surface area contributed by atoms with E-state index in [2.05, 4.69) is 31.0 Å². The first-order chi connectivity index (χ1) is 7.10. The zero-order valence-corrected chi connectivity index (χ0v) is 10.6. The Morgan fingerprint density at radius 2 is 1.87 bits per heavy atom. The van der Waals surface area contributed by atoms with E-state index in [-0.39, 0.29) is 0 Å². The van der Waals surface area contributed by atoms with Crippen molar-refractivity contribution in [2.24, 2.45) is 5.92 Å². The summed E-state index contributed by atoms with van der Waals surface area (Å²) in [6, 6.07) is 0.697. The second-order valence-corrected chi connectivity index (χ2v) is 5.91. The van der Waals surface area contributed by atoms with Crippen LogP contribution in [0.2, 0.25) is 0 Å². The third-order valence-electron chi connectivity index (χ3n) is 4.32. The van der Waals surface area contributed by atoms with Gasteiger partial charge in [0.2, 0.25) is 0 Å². The molecule has 0 bridgehead atoms. The lowest BCUT2D eigenvalue weighted by Gasteiger charge is -2.41. The molecule has 2 nitrogen and oxygen atoms in total. The van der Waals surface area contributed by atoms with Gasteiger partial charge in [-0.3, -0.25) is 4.90 Å². The zero-order chi connectivity index (χ0) is 10.9. The van der Waals surface area contributed by atoms with E-state index in [0.29, 0.717) is 11.6 Å². The van der Waals surface area contributed by atoms with Gasteiger partial charge in [0.1, 0.15) is 0 Å². The topological polar surface area (TPSA) is 15.3 Å². The molecule has 1 saturated carbocycles. The minimum Gasteiger partial charge on any atom is -0.314 e. The molecule has 1 saturated heterocycles. The van der Waals surface area contributed by atoms with Gasteiger partial charge in [-0.25, -0.2) is 0 Å². The molecule has 0 aromatic rings. The molecule has 2 heteroatoms. The summed E-state index contributed by atoms with van der Waals surface area (Å²) in [5, 5.41) is 3.57. The molecule has 0 amide bonds. The largest absolute Gasteiger partial charge is 0.314 e. The summed E-state index contributed by atoms with van der Waals surface area (Å²) < 4.78 is 0. The van der Waals surface area contributed by atoms with Crippen LogP contribution in [0.5, 0.6) is 0 Å². The van der Waals surface area contributed by atoms with Crippen molar-refractivity contribution in [3.8, 4) is 0 Å². The molecule has 2 rings (SSSR count). The Balaban J connectivity index is 1.93. The van der Waals surface area contributed by atoms with Gasteiger partial charge in [0.15, 0.2) is 0 Å². The summed E-state index contributed by atoms with van der Waals surface area (Å²) in [6.07, 6.45) is 5.52. The molecule has 1 heterocycles. The van der Waals surface area contributed by atoms with Crippen molar-refractivity contribution >= 4 is 0 Å². The van der Waals surface area contributed by atoms with E-state index < -0.39 is 0 Å². The lowest BCUT2D eigenvalue weighted by Crippen LogP contribution is -2.50. The van der Waals surface area contributed by atoms with Gasteiger partial charge in [0, 0.05) is 18.1 Å². The third kappa shape index (κ3) is 2.73. The van der Waals surface area contributed by atoms with E-state index in [0.717, 1.165) is 5.92 Å². The molecule has 88 valence electrons. The van der Waals surface area contributed by atoms with Crippen molar-refractivity contribution in [2.75, 3.05) is 19.6 Å². The highest BCUT2D eigenvalue weighted by atomic mass is 15.2. The van der Waals surface area contributed by atoms with E-state index in [1.54, 1.807) is 0 Å². The van der Waals surface area contributed by atoms with Crippen molar-refractivity contribution < 1.29 is 0 Å². The summed E-state index contributed by atoms with van der Waals surface area (Å²) in [6.45, 7) is 11.0. The first kappa shape index (κ1) is 11.4. The monoisotopic (exact) mass is 210 g/mol. The van der Waals surface area contributed by atoms with E-state index in [1.807, 2.05) is 0 Å². The van der Waals surface area contributed by atoms with Crippen molar-refractivity contribution in [3.63, 3.8) is 0 Å². The van der Waals surface area contributed by atoms with E-state index in [9.17, 15) is 0 Å². The van der Waals surface area contributed by atoms with Gasteiger partial charge in [-0.2, -0.15) is 0 Å². The van der Waals surface area contributed by atoms with Crippen molar-refractivity contribution in [1.82, 2.24) is 10.2 Å². The molecular formula is C13H26N2. The molecule has 0 spiro atoms. The highest BCUT2D eigenvalue weighted by molar-refractivity contribution is 4.96. The molecule has 0 aromatic heterocycles. The van der Waals surface area contributed by atoms with Crippen LogP contribution in [-0.2, 0) is 0 Å². The van der Waals surface area contributed by atoms with Crippen molar-refractivity contribution in [3.05, 3.63) is 0 Å². The number of rotatable bonds is 2. The minimum atomic E-state index is 0.455. The maximum atomic E-state index is 3.57. The predicted molar refractivity (Wildman–Crippen MR) is 65.1 cm³/mol. The van der Waals surface area contributed by atoms with Gasteiger partial charge in [0.05, 0.1) is 0 Å². The molecule has 15 heavy (non-hydrogen) atoms. The Labute approximate surface area is 94.4 Å². The van der Waals surface area contributed by atoms with Crippen LogP contribution in [0.25, 0.3) is 0 Å². The van der Waals surface area contributed by atoms with Gasteiger partial charge < -0.3 is 5.32 Å². The van der Waals surface area contributed by atoms with Gasteiger partial charge in [-0.15, -0.1) is 0 Å². The third-order valence-corrected chi connectivity index (χ3v) is 4.32. The van der Waals surface area contributed by atoms with Crippen LogP contribution in [0.15, 0.2) is 0 Å². The summed E-state index contributed by atoms with van der Waals surface area (Å²) in [5.74, 6) is 0.972.